The summed E-state index contributed by atoms with van der Waals surface area (Å²) in [6.45, 7) is 8.94. The Morgan fingerprint density at radius 3 is 2.86 bits per heavy atom. The van der Waals surface area contributed by atoms with Gasteiger partial charge in [0.25, 0.3) is 11.8 Å². The zero-order chi connectivity index (χ0) is 20.4. The van der Waals surface area contributed by atoms with E-state index in [2.05, 4.69) is 24.5 Å². The van der Waals surface area contributed by atoms with E-state index in [0.717, 1.165) is 29.7 Å². The topological polar surface area (TPSA) is 76.7 Å². The fourth-order valence-corrected chi connectivity index (χ4v) is 7.53. The number of thiophene rings is 1. The summed E-state index contributed by atoms with van der Waals surface area (Å²) < 4.78 is 11.8. The molecule has 0 spiro atoms. The monoisotopic (exact) mass is 418 g/mol. The van der Waals surface area contributed by atoms with Gasteiger partial charge in [0.1, 0.15) is 5.00 Å². The standard InChI is InChI=1S/C22H30N2O4S/c1-4-8-23-17(25)16-14-6-9-27-11-15(14)29-18(16)24-19(26)22-10-13-5-7-21(22,3)20(13,2)12-28-22/h13H,4-12H2,1-3H3,(H,23,25)(H,24,26)/t13-,20-,21+,22-/m0/s1. The summed E-state index contributed by atoms with van der Waals surface area (Å²) in [5.74, 6) is 0.370. The van der Waals surface area contributed by atoms with Crippen LogP contribution < -0.4 is 10.6 Å². The van der Waals surface area contributed by atoms with E-state index in [1.54, 1.807) is 0 Å². The lowest BCUT2D eigenvalue weighted by atomic mass is 9.66. The third-order valence-corrected chi connectivity index (χ3v) is 9.50. The molecular weight excluding hydrogens is 388 g/mol. The minimum atomic E-state index is -0.775. The molecule has 2 amide bonds. The highest BCUT2D eigenvalue weighted by atomic mass is 32.1. The first-order valence-electron chi connectivity index (χ1n) is 10.8. The van der Waals surface area contributed by atoms with Gasteiger partial charge in [-0.05, 0) is 43.6 Å². The highest BCUT2D eigenvalue weighted by Crippen LogP contribution is 2.75. The van der Waals surface area contributed by atoms with Crippen LogP contribution in [0, 0.1) is 16.7 Å². The Morgan fingerprint density at radius 2 is 2.14 bits per heavy atom. The van der Waals surface area contributed by atoms with Gasteiger partial charge in [0.15, 0.2) is 5.60 Å². The van der Waals surface area contributed by atoms with Crippen molar-refractivity contribution in [1.29, 1.82) is 0 Å². The van der Waals surface area contributed by atoms with Crippen LogP contribution in [0.2, 0.25) is 0 Å². The van der Waals surface area contributed by atoms with E-state index < -0.39 is 5.60 Å². The summed E-state index contributed by atoms with van der Waals surface area (Å²) in [6.07, 6.45) is 4.58. The van der Waals surface area contributed by atoms with Crippen LogP contribution in [0.5, 0.6) is 0 Å². The summed E-state index contributed by atoms with van der Waals surface area (Å²) in [4.78, 5) is 27.6. The van der Waals surface area contributed by atoms with Crippen molar-refractivity contribution in [1.82, 2.24) is 5.32 Å². The average molecular weight is 419 g/mol. The van der Waals surface area contributed by atoms with Crippen molar-refractivity contribution in [2.45, 2.75) is 65.1 Å². The Hall–Kier alpha value is -1.44. The van der Waals surface area contributed by atoms with Gasteiger partial charge >= 0.3 is 0 Å². The molecular formula is C22H30N2O4S. The minimum Gasteiger partial charge on any atom is -0.376 e. The van der Waals surface area contributed by atoms with Gasteiger partial charge in [-0.15, -0.1) is 11.3 Å². The predicted molar refractivity (Wildman–Crippen MR) is 111 cm³/mol. The number of anilines is 1. The quantitative estimate of drug-likeness (QED) is 0.767. The Balaban J connectivity index is 1.47. The normalized spacial score (nSPS) is 36.9. The van der Waals surface area contributed by atoms with Crippen LogP contribution in [-0.4, -0.2) is 37.2 Å². The Bertz CT molecular complexity index is 882. The molecule has 6 nitrogen and oxygen atoms in total. The molecule has 4 bridgehead atoms. The lowest BCUT2D eigenvalue weighted by Crippen LogP contribution is -2.52. The van der Waals surface area contributed by atoms with E-state index >= 15 is 0 Å². The molecule has 29 heavy (non-hydrogen) atoms. The lowest BCUT2D eigenvalue weighted by molar-refractivity contribution is -0.149. The molecule has 158 valence electrons. The Morgan fingerprint density at radius 1 is 1.31 bits per heavy atom. The second-order valence-electron chi connectivity index (χ2n) is 9.53. The summed E-state index contributed by atoms with van der Waals surface area (Å²) in [7, 11) is 0. The maximum Gasteiger partial charge on any atom is 0.257 e. The first-order valence-corrected chi connectivity index (χ1v) is 11.6. The second kappa shape index (κ2) is 6.53. The molecule has 1 saturated heterocycles. The summed E-state index contributed by atoms with van der Waals surface area (Å²) >= 11 is 1.48. The van der Waals surface area contributed by atoms with Crippen molar-refractivity contribution >= 4 is 28.2 Å². The largest absolute Gasteiger partial charge is 0.376 e. The van der Waals surface area contributed by atoms with Gasteiger partial charge in [-0.1, -0.05) is 20.8 Å². The predicted octanol–water partition coefficient (Wildman–Crippen LogP) is 3.49. The Labute approximate surface area is 175 Å². The number of hydrogen-bond donors (Lipinski definition) is 2. The summed E-state index contributed by atoms with van der Waals surface area (Å²) in [5, 5.41) is 6.79. The Kier molecular flexibility index (Phi) is 4.39. The van der Waals surface area contributed by atoms with Crippen LogP contribution in [0.15, 0.2) is 0 Å². The van der Waals surface area contributed by atoms with Gasteiger partial charge in [0, 0.05) is 22.3 Å². The maximum atomic E-state index is 13.6. The van der Waals surface area contributed by atoms with Gasteiger partial charge in [-0.2, -0.15) is 0 Å². The van der Waals surface area contributed by atoms with Crippen molar-refractivity contribution in [3.8, 4) is 0 Å². The summed E-state index contributed by atoms with van der Waals surface area (Å²) in [5.41, 5.74) is 0.815. The van der Waals surface area contributed by atoms with Crippen molar-refractivity contribution in [2.24, 2.45) is 16.7 Å². The third kappa shape index (κ3) is 2.41. The van der Waals surface area contributed by atoms with Gasteiger partial charge in [-0.3, -0.25) is 9.59 Å². The molecule has 7 heteroatoms. The van der Waals surface area contributed by atoms with E-state index in [1.807, 2.05) is 6.92 Å². The SMILES string of the molecule is CCCNC(=O)c1c(NC(=O)[C@@]23C[C@@H]4CC[C@]2(C)[C@@]4(C)CO3)sc2c1CCOC2. The zero-order valence-electron chi connectivity index (χ0n) is 17.5. The number of carbonyl (C=O) groups is 2. The van der Waals surface area contributed by atoms with Crippen molar-refractivity contribution in [3.05, 3.63) is 16.0 Å². The number of hydrogen-bond acceptors (Lipinski definition) is 5. The molecule has 2 aliphatic carbocycles. The van der Waals surface area contributed by atoms with Crippen LogP contribution in [0.25, 0.3) is 0 Å². The molecule has 0 aromatic carbocycles. The fraction of sp³-hybridized carbons (Fsp3) is 0.727. The smallest absolute Gasteiger partial charge is 0.257 e. The highest BCUT2D eigenvalue weighted by Gasteiger charge is 2.78. The molecule has 1 aromatic rings. The van der Waals surface area contributed by atoms with E-state index in [-0.39, 0.29) is 22.6 Å². The number of amides is 2. The number of carbonyl (C=O) groups excluding carboxylic acids is 2. The number of fused-ring (bicyclic) bond motifs is 1. The molecule has 3 heterocycles. The van der Waals surface area contributed by atoms with Crippen molar-refractivity contribution in [3.63, 3.8) is 0 Å². The van der Waals surface area contributed by atoms with Gasteiger partial charge in [0.05, 0.1) is 25.4 Å². The zero-order valence-corrected chi connectivity index (χ0v) is 18.3. The molecule has 4 atom stereocenters. The van der Waals surface area contributed by atoms with Gasteiger partial charge in [-0.25, -0.2) is 0 Å². The van der Waals surface area contributed by atoms with Crippen molar-refractivity contribution in [2.75, 3.05) is 25.1 Å². The van der Waals surface area contributed by atoms with E-state index in [4.69, 9.17) is 9.47 Å². The molecule has 5 rings (SSSR count). The maximum absolute atomic E-state index is 13.6. The average Bonchev–Trinajstić information content (AvgIpc) is 3.33. The molecule has 0 radical (unpaired) electrons. The van der Waals surface area contributed by atoms with E-state index in [1.165, 1.54) is 17.8 Å². The number of ether oxygens (including phenoxy) is 2. The lowest BCUT2D eigenvalue weighted by Gasteiger charge is -2.39. The third-order valence-electron chi connectivity index (χ3n) is 8.37. The van der Waals surface area contributed by atoms with Gasteiger partial charge < -0.3 is 20.1 Å². The number of rotatable bonds is 5. The molecule has 2 saturated carbocycles. The van der Waals surface area contributed by atoms with Crippen LogP contribution >= 0.6 is 11.3 Å². The first kappa shape index (κ1) is 19.5. The number of nitrogens with one attached hydrogen (secondary N) is 2. The van der Waals surface area contributed by atoms with Crippen LogP contribution in [0.3, 0.4) is 0 Å². The highest BCUT2D eigenvalue weighted by molar-refractivity contribution is 7.17. The van der Waals surface area contributed by atoms with Crippen LogP contribution in [0.4, 0.5) is 5.00 Å². The molecule has 0 unspecified atom stereocenters. The fourth-order valence-electron chi connectivity index (χ4n) is 6.35. The minimum absolute atomic E-state index is 0.0741. The van der Waals surface area contributed by atoms with Gasteiger partial charge in [0.2, 0.25) is 0 Å². The van der Waals surface area contributed by atoms with E-state index in [0.29, 0.717) is 49.3 Å². The van der Waals surface area contributed by atoms with Crippen LogP contribution in [0.1, 0.15) is 67.3 Å². The molecule has 2 aliphatic heterocycles. The second-order valence-corrected chi connectivity index (χ2v) is 10.6. The first-order chi connectivity index (χ1) is 13.9. The molecule has 4 aliphatic rings. The summed E-state index contributed by atoms with van der Waals surface area (Å²) in [6, 6.07) is 0. The molecule has 1 aromatic heterocycles. The van der Waals surface area contributed by atoms with Crippen LogP contribution in [-0.2, 0) is 27.3 Å². The van der Waals surface area contributed by atoms with Crippen molar-refractivity contribution < 1.29 is 19.1 Å². The van der Waals surface area contributed by atoms with E-state index in [9.17, 15) is 9.59 Å². The molecule has 3 fully saturated rings. The molecule has 2 N–H and O–H groups in total.